The van der Waals surface area contributed by atoms with Crippen LogP contribution in [0.25, 0.3) is 11.0 Å². The van der Waals surface area contributed by atoms with E-state index >= 15 is 0 Å². The van der Waals surface area contributed by atoms with E-state index in [1.807, 2.05) is 24.3 Å². The molecular weight excluding hydrogens is 302 g/mol. The Bertz CT molecular complexity index is 841. The molecule has 0 aliphatic heterocycles. The second-order valence-corrected chi connectivity index (χ2v) is 5.31. The highest BCUT2D eigenvalue weighted by molar-refractivity contribution is 6.37. The number of carbonyl (C=O) groups is 1. The highest BCUT2D eigenvalue weighted by Crippen LogP contribution is 2.27. The molecule has 0 aliphatic carbocycles. The number of aldehydes is 1. The summed E-state index contributed by atoms with van der Waals surface area (Å²) in [6, 6.07) is 7.75. The quantitative estimate of drug-likeness (QED) is 0.693. The zero-order valence-electron chi connectivity index (χ0n) is 12.2. The predicted octanol–water partition coefficient (Wildman–Crippen LogP) is 3.26. The molecule has 2 heterocycles. The van der Waals surface area contributed by atoms with Crippen LogP contribution in [-0.2, 0) is 6.54 Å². The minimum atomic E-state index is 0.401. The van der Waals surface area contributed by atoms with E-state index in [1.54, 1.807) is 24.9 Å². The Kier molecular flexibility index (Phi) is 3.81. The minimum Gasteiger partial charge on any atom is -0.497 e. The van der Waals surface area contributed by atoms with Gasteiger partial charge in [-0.2, -0.15) is 5.10 Å². The molecule has 0 saturated carbocycles. The lowest BCUT2D eigenvalue weighted by Gasteiger charge is -2.07. The van der Waals surface area contributed by atoms with Crippen LogP contribution in [0.1, 0.15) is 21.6 Å². The van der Waals surface area contributed by atoms with E-state index in [9.17, 15) is 4.79 Å². The molecule has 2 aromatic heterocycles. The number of benzene rings is 1. The maximum Gasteiger partial charge on any atom is 0.159 e. The first-order valence-electron chi connectivity index (χ1n) is 6.73. The van der Waals surface area contributed by atoms with Crippen molar-refractivity contribution in [3.63, 3.8) is 0 Å². The van der Waals surface area contributed by atoms with Gasteiger partial charge in [0.05, 0.1) is 41.5 Å². The molecule has 22 heavy (non-hydrogen) atoms. The Morgan fingerprint density at radius 3 is 2.68 bits per heavy atom. The molecule has 0 fully saturated rings. The summed E-state index contributed by atoms with van der Waals surface area (Å²) in [7, 11) is 1.63. The van der Waals surface area contributed by atoms with Crippen LogP contribution in [0.5, 0.6) is 5.75 Å². The molecule has 3 rings (SSSR count). The number of nitrogens with zero attached hydrogens (tertiary/aromatic N) is 3. The summed E-state index contributed by atoms with van der Waals surface area (Å²) >= 11 is 6.26. The number of halogens is 1. The maximum absolute atomic E-state index is 11.1. The van der Waals surface area contributed by atoms with Gasteiger partial charge in [-0.3, -0.25) is 4.79 Å². The lowest BCUT2D eigenvalue weighted by molar-refractivity contribution is 0.112. The number of aromatic nitrogens is 3. The fourth-order valence-corrected chi connectivity index (χ4v) is 2.65. The van der Waals surface area contributed by atoms with E-state index in [4.69, 9.17) is 16.3 Å². The van der Waals surface area contributed by atoms with Gasteiger partial charge in [-0.25, -0.2) is 9.67 Å². The van der Waals surface area contributed by atoms with Gasteiger partial charge in [0, 0.05) is 0 Å². The topological polar surface area (TPSA) is 57.0 Å². The monoisotopic (exact) mass is 315 g/mol. The normalized spacial score (nSPS) is 10.9. The van der Waals surface area contributed by atoms with Gasteiger partial charge in [0.2, 0.25) is 0 Å². The van der Waals surface area contributed by atoms with Crippen molar-refractivity contribution in [2.24, 2.45) is 0 Å². The summed E-state index contributed by atoms with van der Waals surface area (Å²) in [5.41, 5.74) is 2.76. The van der Waals surface area contributed by atoms with E-state index in [0.717, 1.165) is 17.6 Å². The smallest absolute Gasteiger partial charge is 0.159 e. The van der Waals surface area contributed by atoms with Crippen LogP contribution in [-0.4, -0.2) is 28.2 Å². The summed E-state index contributed by atoms with van der Waals surface area (Å²) in [6.07, 6.45) is 2.37. The van der Waals surface area contributed by atoms with E-state index in [1.165, 1.54) is 0 Å². The van der Waals surface area contributed by atoms with Crippen LogP contribution in [0.4, 0.5) is 0 Å². The molecule has 0 amide bonds. The van der Waals surface area contributed by atoms with Crippen molar-refractivity contribution in [1.82, 2.24) is 14.8 Å². The van der Waals surface area contributed by atoms with Gasteiger partial charge in [0.1, 0.15) is 5.75 Å². The third-order valence-corrected chi connectivity index (χ3v) is 3.96. The molecule has 0 bridgehead atoms. The maximum atomic E-state index is 11.1. The molecular formula is C16H14ClN3O2. The Morgan fingerprint density at radius 2 is 2.05 bits per heavy atom. The Balaban J connectivity index is 2.02. The lowest BCUT2D eigenvalue weighted by atomic mass is 10.2. The van der Waals surface area contributed by atoms with Crippen molar-refractivity contribution >= 4 is 28.9 Å². The fourth-order valence-electron chi connectivity index (χ4n) is 2.33. The van der Waals surface area contributed by atoms with Crippen LogP contribution in [0.2, 0.25) is 5.02 Å². The van der Waals surface area contributed by atoms with Crippen LogP contribution < -0.4 is 4.74 Å². The molecule has 112 valence electrons. The third kappa shape index (κ3) is 2.44. The lowest BCUT2D eigenvalue weighted by Crippen LogP contribution is -2.04. The van der Waals surface area contributed by atoms with Gasteiger partial charge in [0.15, 0.2) is 11.9 Å². The van der Waals surface area contributed by atoms with Gasteiger partial charge in [-0.1, -0.05) is 23.7 Å². The molecule has 0 N–H and O–H groups in total. The number of methoxy groups -OCH3 is 1. The average molecular weight is 316 g/mol. The van der Waals surface area contributed by atoms with Gasteiger partial charge in [0.25, 0.3) is 0 Å². The molecule has 0 saturated heterocycles. The number of aryl methyl sites for hydroxylation is 1. The fraction of sp³-hybridized carbons (Fsp3) is 0.188. The van der Waals surface area contributed by atoms with E-state index < -0.39 is 0 Å². The standard InChI is InChI=1S/C16H14ClN3O2/c1-10-14(9-21)15(17)13-7-18-20(16(13)19-10)8-11-3-5-12(22-2)6-4-11/h3-7,9H,8H2,1-2H3. The van der Waals surface area contributed by atoms with Crippen molar-refractivity contribution in [1.29, 1.82) is 0 Å². The van der Waals surface area contributed by atoms with Gasteiger partial charge < -0.3 is 4.74 Å². The van der Waals surface area contributed by atoms with E-state index in [-0.39, 0.29) is 0 Å². The number of carbonyl (C=O) groups excluding carboxylic acids is 1. The first-order valence-corrected chi connectivity index (χ1v) is 7.11. The van der Waals surface area contributed by atoms with Crippen molar-refractivity contribution in [3.05, 3.63) is 52.3 Å². The predicted molar refractivity (Wildman–Crippen MR) is 84.8 cm³/mol. The van der Waals surface area contributed by atoms with Crippen LogP contribution >= 0.6 is 11.6 Å². The van der Waals surface area contributed by atoms with Crippen LogP contribution in [0, 0.1) is 6.92 Å². The molecule has 1 aromatic carbocycles. The Labute approximate surface area is 132 Å². The van der Waals surface area contributed by atoms with Crippen molar-refractivity contribution in [2.75, 3.05) is 7.11 Å². The van der Waals surface area contributed by atoms with Gasteiger partial charge in [-0.15, -0.1) is 0 Å². The number of ether oxygens (including phenoxy) is 1. The molecule has 0 radical (unpaired) electrons. The SMILES string of the molecule is COc1ccc(Cn2ncc3c(Cl)c(C=O)c(C)nc32)cc1. The number of hydrogen-bond acceptors (Lipinski definition) is 4. The zero-order valence-corrected chi connectivity index (χ0v) is 13.0. The van der Waals surface area contributed by atoms with Crippen molar-refractivity contribution < 1.29 is 9.53 Å². The van der Waals surface area contributed by atoms with E-state index in [2.05, 4.69) is 10.1 Å². The first-order chi connectivity index (χ1) is 10.6. The summed E-state index contributed by atoms with van der Waals surface area (Å²) in [5.74, 6) is 0.807. The van der Waals surface area contributed by atoms with Gasteiger partial charge >= 0.3 is 0 Å². The average Bonchev–Trinajstić information content (AvgIpc) is 2.91. The molecule has 5 nitrogen and oxygen atoms in total. The van der Waals surface area contributed by atoms with Gasteiger partial charge in [-0.05, 0) is 24.6 Å². The van der Waals surface area contributed by atoms with E-state index in [0.29, 0.717) is 33.9 Å². The summed E-state index contributed by atoms with van der Waals surface area (Å²) in [5, 5.41) is 5.42. The molecule has 0 aliphatic rings. The molecule has 0 spiro atoms. The Hall–Kier alpha value is -2.40. The highest BCUT2D eigenvalue weighted by atomic mass is 35.5. The molecule has 0 atom stereocenters. The largest absolute Gasteiger partial charge is 0.497 e. The Morgan fingerprint density at radius 1 is 1.32 bits per heavy atom. The highest BCUT2D eigenvalue weighted by Gasteiger charge is 2.14. The first kappa shape index (κ1) is 14.5. The summed E-state index contributed by atoms with van der Waals surface area (Å²) in [4.78, 5) is 15.5. The number of rotatable bonds is 4. The molecule has 6 heteroatoms. The second kappa shape index (κ2) is 5.77. The minimum absolute atomic E-state index is 0.401. The number of hydrogen-bond donors (Lipinski definition) is 0. The second-order valence-electron chi connectivity index (χ2n) is 4.93. The zero-order chi connectivity index (χ0) is 15.7. The van der Waals surface area contributed by atoms with Crippen LogP contribution in [0.3, 0.4) is 0 Å². The van der Waals surface area contributed by atoms with Crippen LogP contribution in [0.15, 0.2) is 30.5 Å². The number of fused-ring (bicyclic) bond motifs is 1. The third-order valence-electron chi connectivity index (χ3n) is 3.56. The summed E-state index contributed by atoms with van der Waals surface area (Å²) in [6.45, 7) is 2.33. The molecule has 3 aromatic rings. The number of pyridine rings is 1. The molecule has 0 unspecified atom stereocenters. The summed E-state index contributed by atoms with van der Waals surface area (Å²) < 4.78 is 6.91. The van der Waals surface area contributed by atoms with Crippen molar-refractivity contribution in [3.8, 4) is 5.75 Å². The van der Waals surface area contributed by atoms with Crippen molar-refractivity contribution in [2.45, 2.75) is 13.5 Å².